The molecule has 1 atom stereocenters. The molecule has 0 saturated heterocycles. The average molecular weight is 314 g/mol. The molecular weight excluding hydrogens is 287 g/mol. The maximum absolute atomic E-state index is 13.4. The van der Waals surface area contributed by atoms with Crippen molar-refractivity contribution in [2.24, 2.45) is 17.8 Å². The highest BCUT2D eigenvalue weighted by atomic mass is 19.1. The van der Waals surface area contributed by atoms with Gasteiger partial charge in [0, 0.05) is 5.41 Å². The Bertz CT molecular complexity index is 589. The number of rotatable bonds is 3. The van der Waals surface area contributed by atoms with E-state index in [-0.39, 0.29) is 11.2 Å². The second-order valence-corrected chi connectivity index (χ2v) is 7.57. The highest BCUT2D eigenvalue weighted by molar-refractivity contribution is 5.35. The van der Waals surface area contributed by atoms with Crippen molar-refractivity contribution >= 4 is 0 Å². The summed E-state index contributed by atoms with van der Waals surface area (Å²) in [5.74, 6) is 2.06. The summed E-state index contributed by atoms with van der Waals surface area (Å²) in [6, 6.07) is 7.70. The van der Waals surface area contributed by atoms with Crippen LogP contribution in [0.3, 0.4) is 0 Å². The molecule has 0 aliphatic heterocycles. The fraction of sp³-hybridized carbons (Fsp3) is 0.524. The van der Waals surface area contributed by atoms with Crippen molar-refractivity contribution < 1.29 is 9.50 Å². The molecule has 0 aromatic heterocycles. The Balaban J connectivity index is 1.91. The van der Waals surface area contributed by atoms with Gasteiger partial charge in [-0.2, -0.15) is 0 Å². The summed E-state index contributed by atoms with van der Waals surface area (Å²) in [5.41, 5.74) is 1.37. The maximum atomic E-state index is 13.4. The summed E-state index contributed by atoms with van der Waals surface area (Å²) in [5, 5.41) is 9.63. The third-order valence-electron chi connectivity index (χ3n) is 6.07. The molecule has 0 amide bonds. The smallest absolute Gasteiger partial charge is 0.118 e. The van der Waals surface area contributed by atoms with Crippen LogP contribution in [0.5, 0.6) is 5.75 Å². The first-order chi connectivity index (χ1) is 11.0. The van der Waals surface area contributed by atoms with Crippen LogP contribution >= 0.6 is 0 Å². The van der Waals surface area contributed by atoms with E-state index in [2.05, 4.69) is 32.1 Å². The molecule has 1 fully saturated rings. The number of hydrogen-bond donors (Lipinski definition) is 1. The number of halogens is 1. The number of phenols is 1. The topological polar surface area (TPSA) is 20.2 Å². The highest BCUT2D eigenvalue weighted by Gasteiger charge is 2.42. The SMILES string of the molecule is CC(C)[C@H]1CC[C@](c2ccc(O)cc2)(C2C=CC(F)=CC2)CC1. The maximum Gasteiger partial charge on any atom is 0.118 e. The van der Waals surface area contributed by atoms with Gasteiger partial charge in [0.25, 0.3) is 0 Å². The van der Waals surface area contributed by atoms with Gasteiger partial charge in [-0.05, 0) is 79.7 Å². The Kier molecular flexibility index (Phi) is 4.61. The molecule has 2 aliphatic rings. The molecule has 1 aromatic carbocycles. The lowest BCUT2D eigenvalue weighted by Gasteiger charge is -2.46. The van der Waals surface area contributed by atoms with E-state index in [1.54, 1.807) is 24.3 Å². The lowest BCUT2D eigenvalue weighted by molar-refractivity contribution is 0.153. The molecule has 2 heteroatoms. The van der Waals surface area contributed by atoms with E-state index in [0.717, 1.165) is 31.1 Å². The van der Waals surface area contributed by atoms with Gasteiger partial charge >= 0.3 is 0 Å². The summed E-state index contributed by atoms with van der Waals surface area (Å²) >= 11 is 0. The minimum Gasteiger partial charge on any atom is -0.508 e. The van der Waals surface area contributed by atoms with Gasteiger partial charge in [0.1, 0.15) is 11.6 Å². The minimum absolute atomic E-state index is 0.0762. The predicted molar refractivity (Wildman–Crippen MR) is 93.0 cm³/mol. The third kappa shape index (κ3) is 3.22. The van der Waals surface area contributed by atoms with E-state index in [0.29, 0.717) is 11.7 Å². The zero-order chi connectivity index (χ0) is 16.4. The molecule has 1 N–H and O–H groups in total. The van der Waals surface area contributed by atoms with Crippen molar-refractivity contribution in [2.45, 2.75) is 51.4 Å². The molecule has 3 rings (SSSR count). The summed E-state index contributed by atoms with van der Waals surface area (Å²) in [6.07, 6.45) is 10.9. The average Bonchev–Trinajstić information content (AvgIpc) is 2.56. The van der Waals surface area contributed by atoms with Gasteiger partial charge in [-0.15, -0.1) is 0 Å². The van der Waals surface area contributed by atoms with Crippen molar-refractivity contribution in [3.05, 3.63) is 53.9 Å². The van der Waals surface area contributed by atoms with E-state index in [9.17, 15) is 9.50 Å². The van der Waals surface area contributed by atoms with E-state index in [1.807, 2.05) is 0 Å². The van der Waals surface area contributed by atoms with Crippen LogP contribution in [0.4, 0.5) is 4.39 Å². The van der Waals surface area contributed by atoms with Crippen LogP contribution < -0.4 is 0 Å². The number of benzene rings is 1. The lowest BCUT2D eigenvalue weighted by Crippen LogP contribution is -2.39. The van der Waals surface area contributed by atoms with Gasteiger partial charge in [-0.3, -0.25) is 0 Å². The normalized spacial score (nSPS) is 31.2. The Morgan fingerprint density at radius 1 is 1.13 bits per heavy atom. The third-order valence-corrected chi connectivity index (χ3v) is 6.07. The summed E-state index contributed by atoms with van der Waals surface area (Å²) in [7, 11) is 0. The number of hydrogen-bond acceptors (Lipinski definition) is 1. The largest absolute Gasteiger partial charge is 0.508 e. The van der Waals surface area contributed by atoms with Crippen LogP contribution in [0, 0.1) is 17.8 Å². The zero-order valence-corrected chi connectivity index (χ0v) is 14.1. The zero-order valence-electron chi connectivity index (χ0n) is 14.1. The minimum atomic E-state index is -0.113. The van der Waals surface area contributed by atoms with E-state index < -0.39 is 0 Å². The van der Waals surface area contributed by atoms with Gasteiger partial charge in [-0.25, -0.2) is 4.39 Å². The standard InChI is InChI=1S/C21H27FO/c1-15(2)16-11-13-21(14-12-16,17-3-7-19(22)8-4-17)18-5-9-20(23)10-6-18/h3,5-10,15-17,23H,4,11-14H2,1-2H3/t16-,17?,21+. The number of phenolic OH excluding ortho intramolecular Hbond substituents is 1. The molecular formula is C21H27FO. The second kappa shape index (κ2) is 6.51. The van der Waals surface area contributed by atoms with E-state index >= 15 is 0 Å². The molecule has 124 valence electrons. The van der Waals surface area contributed by atoms with E-state index in [4.69, 9.17) is 0 Å². The van der Waals surface area contributed by atoms with Crippen LogP contribution in [0.15, 0.2) is 48.3 Å². The lowest BCUT2D eigenvalue weighted by atomic mass is 9.58. The van der Waals surface area contributed by atoms with Gasteiger partial charge < -0.3 is 5.11 Å². The summed E-state index contributed by atoms with van der Waals surface area (Å²) < 4.78 is 13.4. The fourth-order valence-electron chi connectivity index (χ4n) is 4.49. The van der Waals surface area contributed by atoms with Crippen molar-refractivity contribution in [3.63, 3.8) is 0 Å². The first-order valence-corrected chi connectivity index (χ1v) is 8.84. The van der Waals surface area contributed by atoms with Gasteiger partial charge in [0.15, 0.2) is 0 Å². The first kappa shape index (κ1) is 16.3. The molecule has 0 heterocycles. The summed E-state index contributed by atoms with van der Waals surface area (Å²) in [4.78, 5) is 0. The fourth-order valence-corrected chi connectivity index (χ4v) is 4.49. The molecule has 23 heavy (non-hydrogen) atoms. The van der Waals surface area contributed by atoms with Crippen LogP contribution in [0.25, 0.3) is 0 Å². The molecule has 1 unspecified atom stereocenters. The van der Waals surface area contributed by atoms with E-state index in [1.165, 1.54) is 18.4 Å². The van der Waals surface area contributed by atoms with Crippen LogP contribution in [-0.2, 0) is 5.41 Å². The molecule has 1 nitrogen and oxygen atoms in total. The molecule has 0 spiro atoms. The Labute approximate surface area is 138 Å². The molecule has 2 aliphatic carbocycles. The van der Waals surface area contributed by atoms with Crippen LogP contribution in [0.1, 0.15) is 51.5 Å². The highest BCUT2D eigenvalue weighted by Crippen LogP contribution is 2.50. The Morgan fingerprint density at radius 3 is 2.30 bits per heavy atom. The molecule has 1 aromatic rings. The van der Waals surface area contributed by atoms with Gasteiger partial charge in [0.2, 0.25) is 0 Å². The molecule has 0 radical (unpaired) electrons. The first-order valence-electron chi connectivity index (χ1n) is 8.84. The monoisotopic (exact) mass is 314 g/mol. The number of aromatic hydroxyl groups is 1. The Hall–Kier alpha value is -1.57. The second-order valence-electron chi connectivity index (χ2n) is 7.57. The van der Waals surface area contributed by atoms with Crippen LogP contribution in [-0.4, -0.2) is 5.11 Å². The molecule has 1 saturated carbocycles. The summed E-state index contributed by atoms with van der Waals surface area (Å²) in [6.45, 7) is 4.63. The Morgan fingerprint density at radius 2 is 1.78 bits per heavy atom. The van der Waals surface area contributed by atoms with Gasteiger partial charge in [0.05, 0.1) is 0 Å². The van der Waals surface area contributed by atoms with Crippen molar-refractivity contribution in [1.82, 2.24) is 0 Å². The van der Waals surface area contributed by atoms with Crippen molar-refractivity contribution in [3.8, 4) is 5.75 Å². The number of allylic oxidation sites excluding steroid dienone is 4. The van der Waals surface area contributed by atoms with Crippen molar-refractivity contribution in [1.29, 1.82) is 0 Å². The quantitative estimate of drug-likeness (QED) is 0.735. The van der Waals surface area contributed by atoms with Crippen LogP contribution in [0.2, 0.25) is 0 Å². The predicted octanol–water partition coefficient (Wildman–Crippen LogP) is 5.91. The van der Waals surface area contributed by atoms with Gasteiger partial charge in [-0.1, -0.05) is 32.1 Å². The molecule has 0 bridgehead atoms. The van der Waals surface area contributed by atoms with Crippen molar-refractivity contribution in [2.75, 3.05) is 0 Å².